The SMILES string of the molecule is CC(O)(CNC(=O)c1ccc(OC2CC2)c(OC2CC2)c1)c1cc2c(c(-c3ccc(F)c(Cl)c3)n1)OC[C@@]2(N)C(F)(F)F. The highest BCUT2D eigenvalue weighted by Crippen LogP contribution is 2.50. The number of hydrogen-bond donors (Lipinski definition) is 3. The Bertz CT molecular complexity index is 1590. The molecule has 2 aliphatic carbocycles. The largest absolute Gasteiger partial charge is 0.488 e. The van der Waals surface area contributed by atoms with Gasteiger partial charge in [0.2, 0.25) is 0 Å². The average Bonchev–Trinajstić information content (AvgIpc) is 3.89. The number of benzene rings is 2. The molecule has 3 aromatic rings. The van der Waals surface area contributed by atoms with Gasteiger partial charge in [-0.1, -0.05) is 11.6 Å². The zero-order valence-corrected chi connectivity index (χ0v) is 23.7. The van der Waals surface area contributed by atoms with Crippen LogP contribution in [-0.4, -0.2) is 47.5 Å². The zero-order valence-electron chi connectivity index (χ0n) is 22.9. The summed E-state index contributed by atoms with van der Waals surface area (Å²) in [4.78, 5) is 17.5. The number of fused-ring (bicyclic) bond motifs is 1. The molecule has 2 heterocycles. The van der Waals surface area contributed by atoms with E-state index in [-0.39, 0.29) is 45.5 Å². The predicted octanol–water partition coefficient (Wildman–Crippen LogP) is 5.37. The minimum atomic E-state index is -4.91. The quantitative estimate of drug-likeness (QED) is 0.275. The number of ether oxygens (including phenoxy) is 3. The summed E-state index contributed by atoms with van der Waals surface area (Å²) in [5.41, 5.74) is 0.530. The van der Waals surface area contributed by atoms with Gasteiger partial charge in [0.05, 0.1) is 29.5 Å². The molecular formula is C30H28ClF4N3O5. The van der Waals surface area contributed by atoms with Crippen LogP contribution in [0, 0.1) is 5.82 Å². The summed E-state index contributed by atoms with van der Waals surface area (Å²) in [7, 11) is 0. The topological polar surface area (TPSA) is 116 Å². The van der Waals surface area contributed by atoms with Crippen molar-refractivity contribution in [3.63, 3.8) is 0 Å². The molecule has 2 saturated carbocycles. The van der Waals surface area contributed by atoms with Crippen LogP contribution in [-0.2, 0) is 11.1 Å². The third-order valence-corrected chi connectivity index (χ3v) is 7.87. The summed E-state index contributed by atoms with van der Waals surface area (Å²) >= 11 is 5.93. The molecule has 1 unspecified atom stereocenters. The Morgan fingerprint density at radius 1 is 1.12 bits per heavy atom. The molecule has 2 atom stereocenters. The number of hydrogen-bond acceptors (Lipinski definition) is 7. The fourth-order valence-corrected chi connectivity index (χ4v) is 4.82. The van der Waals surface area contributed by atoms with E-state index in [0.29, 0.717) is 11.5 Å². The number of nitrogens with one attached hydrogen (secondary N) is 1. The lowest BCUT2D eigenvalue weighted by molar-refractivity contribution is -0.191. The van der Waals surface area contributed by atoms with Gasteiger partial charge in [-0.05, 0) is 75.1 Å². The van der Waals surface area contributed by atoms with Crippen LogP contribution in [0.3, 0.4) is 0 Å². The van der Waals surface area contributed by atoms with E-state index >= 15 is 0 Å². The zero-order chi connectivity index (χ0) is 30.7. The third-order valence-electron chi connectivity index (χ3n) is 7.58. The van der Waals surface area contributed by atoms with E-state index in [1.165, 1.54) is 19.1 Å². The van der Waals surface area contributed by atoms with Gasteiger partial charge < -0.3 is 30.4 Å². The van der Waals surface area contributed by atoms with Crippen molar-refractivity contribution in [2.45, 2.75) is 62.1 Å². The maximum atomic E-state index is 14.1. The predicted molar refractivity (Wildman–Crippen MR) is 148 cm³/mol. The highest BCUT2D eigenvalue weighted by Gasteiger charge is 2.59. The van der Waals surface area contributed by atoms with Crippen molar-refractivity contribution >= 4 is 17.5 Å². The van der Waals surface area contributed by atoms with Gasteiger partial charge in [0.1, 0.15) is 23.7 Å². The van der Waals surface area contributed by atoms with Crippen LogP contribution in [0.1, 0.15) is 54.2 Å². The van der Waals surface area contributed by atoms with E-state index in [0.717, 1.165) is 37.8 Å². The van der Waals surface area contributed by atoms with E-state index in [1.54, 1.807) is 18.2 Å². The van der Waals surface area contributed by atoms with Crippen LogP contribution in [0.25, 0.3) is 11.3 Å². The van der Waals surface area contributed by atoms with Gasteiger partial charge in [0, 0.05) is 16.7 Å². The van der Waals surface area contributed by atoms with Crippen molar-refractivity contribution in [2.24, 2.45) is 5.73 Å². The molecule has 1 aliphatic heterocycles. The Morgan fingerprint density at radius 3 is 2.42 bits per heavy atom. The number of alkyl halides is 3. The number of halogens is 5. The minimum Gasteiger partial charge on any atom is -0.488 e. The molecule has 1 aromatic heterocycles. The number of aromatic nitrogens is 1. The normalized spacial score (nSPS) is 21.0. The molecule has 0 bridgehead atoms. The first-order chi connectivity index (χ1) is 20.2. The van der Waals surface area contributed by atoms with Gasteiger partial charge in [-0.25, -0.2) is 9.37 Å². The first-order valence-electron chi connectivity index (χ1n) is 13.7. The number of rotatable bonds is 9. The first kappa shape index (κ1) is 29.5. The lowest BCUT2D eigenvalue weighted by atomic mass is 9.88. The molecule has 0 radical (unpaired) electrons. The fourth-order valence-electron chi connectivity index (χ4n) is 4.64. The summed E-state index contributed by atoms with van der Waals surface area (Å²) in [6, 6.07) is 9.29. The standard InChI is InChI=1S/C30H28ClF4N3O5/c1-28(40,13-37-27(39)16-3-9-22(42-17-4-5-17)23(11-16)43-18-6-7-18)24-12-19-26(41-14-29(19,36)30(33,34)35)25(38-24)15-2-8-21(32)20(31)10-15/h2-3,8-12,17-18,40H,4-7,13-14,36H2,1H3,(H,37,39)/t28?,29-/m0/s1. The van der Waals surface area contributed by atoms with Crippen molar-refractivity contribution in [1.82, 2.24) is 10.3 Å². The molecular weight excluding hydrogens is 594 g/mol. The second-order valence-electron chi connectivity index (χ2n) is 11.4. The summed E-state index contributed by atoms with van der Waals surface area (Å²) in [6.45, 7) is -0.0620. The van der Waals surface area contributed by atoms with Gasteiger partial charge >= 0.3 is 6.18 Å². The molecule has 4 N–H and O–H groups in total. The van der Waals surface area contributed by atoms with E-state index < -0.39 is 47.8 Å². The van der Waals surface area contributed by atoms with E-state index in [9.17, 15) is 27.5 Å². The first-order valence-corrected chi connectivity index (χ1v) is 14.1. The molecule has 2 aromatic carbocycles. The molecule has 43 heavy (non-hydrogen) atoms. The molecule has 0 saturated heterocycles. The molecule has 228 valence electrons. The van der Waals surface area contributed by atoms with Crippen molar-refractivity contribution < 1.29 is 41.7 Å². The number of aliphatic hydroxyl groups is 1. The number of carbonyl (C=O) groups is 1. The monoisotopic (exact) mass is 621 g/mol. The maximum Gasteiger partial charge on any atom is 0.414 e. The average molecular weight is 622 g/mol. The van der Waals surface area contributed by atoms with Crippen LogP contribution < -0.4 is 25.3 Å². The van der Waals surface area contributed by atoms with Gasteiger partial charge in [0.15, 0.2) is 22.8 Å². The Morgan fingerprint density at radius 2 is 1.79 bits per heavy atom. The molecule has 8 nitrogen and oxygen atoms in total. The number of nitrogens with zero attached hydrogens (tertiary/aromatic N) is 1. The maximum absolute atomic E-state index is 14.1. The van der Waals surface area contributed by atoms with Crippen LogP contribution >= 0.6 is 11.6 Å². The van der Waals surface area contributed by atoms with Gasteiger partial charge in [-0.3, -0.25) is 4.79 Å². The van der Waals surface area contributed by atoms with Crippen molar-refractivity contribution in [3.8, 4) is 28.5 Å². The van der Waals surface area contributed by atoms with Crippen LogP contribution in [0.2, 0.25) is 5.02 Å². The number of pyridine rings is 1. The van der Waals surface area contributed by atoms with Gasteiger partial charge in [0.25, 0.3) is 5.91 Å². The molecule has 13 heteroatoms. The molecule has 2 fully saturated rings. The third kappa shape index (κ3) is 5.83. The minimum absolute atomic E-state index is 0.0620. The summed E-state index contributed by atoms with van der Waals surface area (Å²) in [5, 5.41) is 13.7. The van der Waals surface area contributed by atoms with Crippen LogP contribution in [0.15, 0.2) is 42.5 Å². The molecule has 6 rings (SSSR count). The molecule has 3 aliphatic rings. The lowest BCUT2D eigenvalue weighted by Crippen LogP contribution is -2.52. The summed E-state index contributed by atoms with van der Waals surface area (Å²) < 4.78 is 73.5. The van der Waals surface area contributed by atoms with E-state index in [1.807, 2.05) is 0 Å². The number of carbonyl (C=O) groups excluding carboxylic acids is 1. The number of nitrogens with two attached hydrogens (primary N) is 1. The van der Waals surface area contributed by atoms with E-state index in [2.05, 4.69) is 10.3 Å². The van der Waals surface area contributed by atoms with Crippen molar-refractivity contribution in [3.05, 3.63) is 70.1 Å². The van der Waals surface area contributed by atoms with Crippen molar-refractivity contribution in [1.29, 1.82) is 0 Å². The number of amides is 1. The highest BCUT2D eigenvalue weighted by molar-refractivity contribution is 6.31. The lowest BCUT2D eigenvalue weighted by Gasteiger charge is -2.28. The van der Waals surface area contributed by atoms with E-state index in [4.69, 9.17) is 31.5 Å². The van der Waals surface area contributed by atoms with Gasteiger partial charge in [-0.2, -0.15) is 13.2 Å². The second-order valence-corrected chi connectivity index (χ2v) is 11.8. The molecule has 1 amide bonds. The van der Waals surface area contributed by atoms with Gasteiger partial charge in [-0.15, -0.1) is 0 Å². The second kappa shape index (κ2) is 10.5. The Hall–Kier alpha value is -3.61. The van der Waals surface area contributed by atoms with Crippen LogP contribution in [0.4, 0.5) is 17.6 Å². The fraction of sp³-hybridized carbons (Fsp3) is 0.400. The Labute approximate surface area is 249 Å². The Kier molecular flexibility index (Phi) is 7.22. The smallest absolute Gasteiger partial charge is 0.414 e. The Balaban J connectivity index is 1.30. The highest BCUT2D eigenvalue weighted by atomic mass is 35.5. The summed E-state index contributed by atoms with van der Waals surface area (Å²) in [6.07, 6.45) is -1.00. The van der Waals surface area contributed by atoms with Crippen LogP contribution in [0.5, 0.6) is 17.2 Å². The molecule has 0 spiro atoms. The van der Waals surface area contributed by atoms with Crippen molar-refractivity contribution in [2.75, 3.05) is 13.2 Å². The summed E-state index contributed by atoms with van der Waals surface area (Å²) in [5.74, 6) is -0.565.